The first kappa shape index (κ1) is 12.7. The van der Waals surface area contributed by atoms with Crippen LogP contribution in [0.4, 0.5) is 0 Å². The Labute approximate surface area is 96.4 Å². The van der Waals surface area contributed by atoms with Crippen molar-refractivity contribution in [3.8, 4) is 0 Å². The second-order valence-corrected chi connectivity index (χ2v) is 3.61. The largest absolute Gasteiger partial charge is 0.459 e. The molecule has 16 heavy (non-hydrogen) atoms. The quantitative estimate of drug-likeness (QED) is 0.694. The predicted octanol–water partition coefficient (Wildman–Crippen LogP) is 2.66. The van der Waals surface area contributed by atoms with E-state index in [9.17, 15) is 4.79 Å². The maximum Gasteiger partial charge on any atom is 0.338 e. The van der Waals surface area contributed by atoms with Crippen molar-refractivity contribution >= 4 is 5.97 Å². The molecule has 0 radical (unpaired) electrons. The molecular weight excluding hydrogens is 204 g/mol. The summed E-state index contributed by atoms with van der Waals surface area (Å²) in [6.45, 7) is 2.39. The van der Waals surface area contributed by atoms with Gasteiger partial charge in [-0.1, -0.05) is 31.5 Å². The van der Waals surface area contributed by atoms with E-state index in [0.29, 0.717) is 12.2 Å². The van der Waals surface area contributed by atoms with E-state index in [-0.39, 0.29) is 12.1 Å². The molecule has 0 amide bonds. The topological polar surface area (TPSA) is 35.5 Å². The third-order valence-electron chi connectivity index (χ3n) is 2.35. The number of carbonyl (C=O) groups is 1. The Morgan fingerprint density at radius 3 is 2.56 bits per heavy atom. The number of ether oxygens (including phenoxy) is 2. The van der Waals surface area contributed by atoms with E-state index in [1.165, 1.54) is 0 Å². The molecule has 0 heterocycles. The van der Waals surface area contributed by atoms with Gasteiger partial charge in [0.15, 0.2) is 0 Å². The Balaban J connectivity index is 2.40. The van der Waals surface area contributed by atoms with Gasteiger partial charge in [0.25, 0.3) is 0 Å². The molecular formula is C13H18O3. The maximum absolute atomic E-state index is 11.6. The average molecular weight is 222 g/mol. The second kappa shape index (κ2) is 7.01. The highest BCUT2D eigenvalue weighted by molar-refractivity contribution is 5.89. The van der Waals surface area contributed by atoms with Gasteiger partial charge in [-0.05, 0) is 18.6 Å². The molecule has 0 N–H and O–H groups in total. The fourth-order valence-electron chi connectivity index (χ4n) is 1.42. The van der Waals surface area contributed by atoms with Crippen molar-refractivity contribution in [2.75, 3.05) is 13.7 Å². The molecule has 3 nitrogen and oxygen atoms in total. The summed E-state index contributed by atoms with van der Waals surface area (Å²) >= 11 is 0. The van der Waals surface area contributed by atoms with E-state index < -0.39 is 0 Å². The molecule has 3 heteroatoms. The van der Waals surface area contributed by atoms with Crippen LogP contribution in [-0.4, -0.2) is 25.8 Å². The van der Waals surface area contributed by atoms with Crippen molar-refractivity contribution in [1.82, 2.24) is 0 Å². The number of benzene rings is 1. The number of hydrogen-bond acceptors (Lipinski definition) is 3. The fourth-order valence-corrected chi connectivity index (χ4v) is 1.42. The van der Waals surface area contributed by atoms with Gasteiger partial charge in [-0.2, -0.15) is 0 Å². The van der Waals surface area contributed by atoms with Crippen LogP contribution in [0.3, 0.4) is 0 Å². The molecule has 1 aromatic rings. The normalized spacial score (nSPS) is 12.1. The summed E-state index contributed by atoms with van der Waals surface area (Å²) in [5.74, 6) is -0.293. The van der Waals surface area contributed by atoms with Gasteiger partial charge in [0.2, 0.25) is 0 Å². The number of methoxy groups -OCH3 is 1. The van der Waals surface area contributed by atoms with Gasteiger partial charge in [-0.15, -0.1) is 0 Å². The lowest BCUT2D eigenvalue weighted by molar-refractivity contribution is 0.00781. The summed E-state index contributed by atoms with van der Waals surface area (Å²) in [5.41, 5.74) is 0.578. The van der Waals surface area contributed by atoms with Gasteiger partial charge in [0, 0.05) is 7.11 Å². The summed E-state index contributed by atoms with van der Waals surface area (Å²) in [6.07, 6.45) is 1.91. The van der Waals surface area contributed by atoms with E-state index in [1.54, 1.807) is 19.2 Å². The molecule has 0 saturated carbocycles. The summed E-state index contributed by atoms with van der Waals surface area (Å²) in [6, 6.07) is 8.98. The summed E-state index contributed by atoms with van der Waals surface area (Å²) in [7, 11) is 1.64. The van der Waals surface area contributed by atoms with Crippen molar-refractivity contribution in [1.29, 1.82) is 0 Å². The van der Waals surface area contributed by atoms with Crippen LogP contribution in [0.5, 0.6) is 0 Å². The SMILES string of the molecule is CCC[C@@H](COC(=O)c1ccccc1)OC. The molecule has 0 bridgehead atoms. The monoisotopic (exact) mass is 222 g/mol. The molecule has 0 aliphatic heterocycles. The van der Waals surface area contributed by atoms with Crippen LogP contribution in [0.1, 0.15) is 30.1 Å². The zero-order valence-corrected chi connectivity index (χ0v) is 9.81. The molecule has 0 spiro atoms. The lowest BCUT2D eigenvalue weighted by atomic mass is 10.2. The van der Waals surface area contributed by atoms with E-state index >= 15 is 0 Å². The van der Waals surface area contributed by atoms with Gasteiger partial charge in [-0.25, -0.2) is 4.79 Å². The molecule has 1 rings (SSSR count). The molecule has 1 aromatic carbocycles. The van der Waals surface area contributed by atoms with Gasteiger partial charge >= 0.3 is 5.97 Å². The Morgan fingerprint density at radius 1 is 1.31 bits per heavy atom. The highest BCUT2D eigenvalue weighted by Gasteiger charge is 2.11. The number of hydrogen-bond donors (Lipinski definition) is 0. The highest BCUT2D eigenvalue weighted by atomic mass is 16.6. The molecule has 0 aliphatic carbocycles. The zero-order valence-electron chi connectivity index (χ0n) is 9.81. The third kappa shape index (κ3) is 4.03. The standard InChI is InChI=1S/C13H18O3/c1-3-7-12(15-2)10-16-13(14)11-8-5-4-6-9-11/h4-6,8-9,12H,3,7,10H2,1-2H3/t12-/m0/s1. The van der Waals surface area contributed by atoms with Crippen LogP contribution in [0.25, 0.3) is 0 Å². The van der Waals surface area contributed by atoms with Crippen molar-refractivity contribution < 1.29 is 14.3 Å². The van der Waals surface area contributed by atoms with E-state index in [4.69, 9.17) is 9.47 Å². The molecule has 1 atom stereocenters. The van der Waals surface area contributed by atoms with Crippen LogP contribution < -0.4 is 0 Å². The number of rotatable bonds is 6. The molecule has 0 saturated heterocycles. The first-order valence-corrected chi connectivity index (χ1v) is 5.53. The summed E-state index contributed by atoms with van der Waals surface area (Å²) < 4.78 is 10.4. The van der Waals surface area contributed by atoms with E-state index in [1.807, 2.05) is 18.2 Å². The fraction of sp³-hybridized carbons (Fsp3) is 0.462. The second-order valence-electron chi connectivity index (χ2n) is 3.61. The van der Waals surface area contributed by atoms with Crippen LogP contribution in [0.15, 0.2) is 30.3 Å². The van der Waals surface area contributed by atoms with Crippen LogP contribution in [0, 0.1) is 0 Å². The van der Waals surface area contributed by atoms with Crippen LogP contribution >= 0.6 is 0 Å². The number of carbonyl (C=O) groups excluding carboxylic acids is 1. The minimum Gasteiger partial charge on any atom is -0.459 e. The minimum absolute atomic E-state index is 0.00216. The van der Waals surface area contributed by atoms with Crippen molar-refractivity contribution in [2.45, 2.75) is 25.9 Å². The molecule has 0 aliphatic rings. The lowest BCUT2D eigenvalue weighted by Gasteiger charge is -2.14. The smallest absolute Gasteiger partial charge is 0.338 e. The Kier molecular flexibility index (Phi) is 5.57. The highest BCUT2D eigenvalue weighted by Crippen LogP contribution is 2.05. The van der Waals surface area contributed by atoms with Gasteiger partial charge in [0.1, 0.15) is 6.61 Å². The summed E-state index contributed by atoms with van der Waals surface area (Å²) in [5, 5.41) is 0. The lowest BCUT2D eigenvalue weighted by Crippen LogP contribution is -2.20. The molecule has 0 aromatic heterocycles. The third-order valence-corrected chi connectivity index (χ3v) is 2.35. The van der Waals surface area contributed by atoms with E-state index in [2.05, 4.69) is 6.92 Å². The first-order chi connectivity index (χ1) is 7.77. The molecule has 88 valence electrons. The van der Waals surface area contributed by atoms with Gasteiger partial charge in [-0.3, -0.25) is 0 Å². The van der Waals surface area contributed by atoms with Crippen LogP contribution in [-0.2, 0) is 9.47 Å². The molecule has 0 fully saturated rings. The predicted molar refractivity (Wildman–Crippen MR) is 62.4 cm³/mol. The zero-order chi connectivity index (χ0) is 11.8. The van der Waals surface area contributed by atoms with Crippen molar-refractivity contribution in [2.24, 2.45) is 0 Å². The minimum atomic E-state index is -0.293. The van der Waals surface area contributed by atoms with Crippen LogP contribution in [0.2, 0.25) is 0 Å². The first-order valence-electron chi connectivity index (χ1n) is 5.53. The number of esters is 1. The van der Waals surface area contributed by atoms with Crippen molar-refractivity contribution in [3.63, 3.8) is 0 Å². The van der Waals surface area contributed by atoms with Gasteiger partial charge < -0.3 is 9.47 Å². The van der Waals surface area contributed by atoms with Gasteiger partial charge in [0.05, 0.1) is 11.7 Å². The van der Waals surface area contributed by atoms with E-state index in [0.717, 1.165) is 12.8 Å². The maximum atomic E-state index is 11.6. The summed E-state index contributed by atoms with van der Waals surface area (Å²) in [4.78, 5) is 11.6. The Bertz CT molecular complexity index is 308. The average Bonchev–Trinajstić information content (AvgIpc) is 2.35. The van der Waals surface area contributed by atoms with Crippen molar-refractivity contribution in [3.05, 3.63) is 35.9 Å². The Hall–Kier alpha value is -1.35. The Morgan fingerprint density at radius 2 is 2.00 bits per heavy atom. The molecule has 0 unspecified atom stereocenters.